The topological polar surface area (TPSA) is 41.1 Å². The van der Waals surface area contributed by atoms with Crippen LogP contribution in [0.25, 0.3) is 0 Å². The molecule has 5 heteroatoms. The number of nitrogens with one attached hydrogen (secondary N) is 2. The lowest BCUT2D eigenvalue weighted by molar-refractivity contribution is 0.0929. The lowest BCUT2D eigenvalue weighted by Gasteiger charge is -2.24. The third-order valence-corrected chi connectivity index (χ3v) is 3.11. The molecule has 0 bridgehead atoms. The summed E-state index contributed by atoms with van der Waals surface area (Å²) in [4.78, 5) is 12.0. The van der Waals surface area contributed by atoms with Crippen LogP contribution in [0.4, 0.5) is 4.39 Å². The van der Waals surface area contributed by atoms with Crippen molar-refractivity contribution in [3.05, 3.63) is 35.1 Å². The van der Waals surface area contributed by atoms with E-state index in [1.54, 1.807) is 13.0 Å². The van der Waals surface area contributed by atoms with Crippen molar-refractivity contribution in [3.8, 4) is 0 Å². The molecule has 0 aromatic heterocycles. The summed E-state index contributed by atoms with van der Waals surface area (Å²) >= 11 is 0. The fourth-order valence-corrected chi connectivity index (χ4v) is 2.11. The van der Waals surface area contributed by atoms with Gasteiger partial charge in [-0.2, -0.15) is 0 Å². The van der Waals surface area contributed by atoms with Crippen molar-refractivity contribution in [2.24, 2.45) is 0 Å². The number of rotatable bonds is 2. The standard InChI is InChI=1S/C13H17FN2O.ClH/c1-9-8-10(14)2-3-12(9)13(17)16-11-4-6-15-7-5-11;/h2-3,8,11,15H,4-7H2,1H3,(H,16,17);1H. The molecule has 100 valence electrons. The Morgan fingerprint density at radius 1 is 1.39 bits per heavy atom. The Morgan fingerprint density at radius 2 is 2.06 bits per heavy atom. The molecule has 0 atom stereocenters. The highest BCUT2D eigenvalue weighted by Crippen LogP contribution is 2.11. The smallest absolute Gasteiger partial charge is 0.251 e. The molecule has 1 aromatic carbocycles. The first kappa shape index (κ1) is 14.9. The van der Waals surface area contributed by atoms with E-state index in [2.05, 4.69) is 10.6 Å². The highest BCUT2D eigenvalue weighted by Gasteiger charge is 2.17. The van der Waals surface area contributed by atoms with E-state index in [4.69, 9.17) is 0 Å². The summed E-state index contributed by atoms with van der Waals surface area (Å²) in [5, 5.41) is 6.24. The first-order valence-electron chi connectivity index (χ1n) is 5.94. The number of carbonyl (C=O) groups excluding carboxylic acids is 1. The molecular weight excluding hydrogens is 255 g/mol. The predicted molar refractivity (Wildman–Crippen MR) is 71.7 cm³/mol. The zero-order valence-electron chi connectivity index (χ0n) is 10.3. The maximum Gasteiger partial charge on any atom is 0.251 e. The van der Waals surface area contributed by atoms with Crippen LogP contribution in [-0.2, 0) is 0 Å². The van der Waals surface area contributed by atoms with Gasteiger partial charge in [0.25, 0.3) is 5.91 Å². The Balaban J connectivity index is 0.00000162. The molecule has 1 aromatic rings. The van der Waals surface area contributed by atoms with E-state index in [1.165, 1.54) is 12.1 Å². The maximum atomic E-state index is 12.9. The molecule has 1 saturated heterocycles. The summed E-state index contributed by atoms with van der Waals surface area (Å²) in [5.74, 6) is -0.407. The van der Waals surface area contributed by atoms with Crippen LogP contribution < -0.4 is 10.6 Å². The van der Waals surface area contributed by atoms with E-state index < -0.39 is 0 Å². The summed E-state index contributed by atoms with van der Waals surface area (Å²) in [7, 11) is 0. The molecule has 1 fully saturated rings. The molecule has 0 radical (unpaired) electrons. The van der Waals surface area contributed by atoms with Gasteiger partial charge in [-0.3, -0.25) is 4.79 Å². The third kappa shape index (κ3) is 3.68. The number of halogens is 2. The van der Waals surface area contributed by atoms with Gasteiger partial charge in [0.2, 0.25) is 0 Å². The van der Waals surface area contributed by atoms with E-state index in [0.29, 0.717) is 11.1 Å². The molecule has 0 unspecified atom stereocenters. The summed E-state index contributed by atoms with van der Waals surface area (Å²) < 4.78 is 12.9. The molecule has 1 aliphatic rings. The van der Waals surface area contributed by atoms with Crippen molar-refractivity contribution in [2.45, 2.75) is 25.8 Å². The summed E-state index contributed by atoms with van der Waals surface area (Å²) in [6.45, 7) is 3.63. The van der Waals surface area contributed by atoms with Crippen molar-refractivity contribution in [1.82, 2.24) is 10.6 Å². The first-order valence-corrected chi connectivity index (χ1v) is 5.94. The fourth-order valence-electron chi connectivity index (χ4n) is 2.11. The maximum absolute atomic E-state index is 12.9. The van der Waals surface area contributed by atoms with Gasteiger partial charge < -0.3 is 10.6 Å². The minimum atomic E-state index is -0.305. The van der Waals surface area contributed by atoms with Gasteiger partial charge in [0.1, 0.15) is 5.82 Å². The van der Waals surface area contributed by atoms with Crippen molar-refractivity contribution >= 4 is 18.3 Å². The molecule has 1 aliphatic heterocycles. The molecule has 3 nitrogen and oxygen atoms in total. The second-order valence-corrected chi connectivity index (χ2v) is 4.46. The number of hydrogen-bond acceptors (Lipinski definition) is 2. The van der Waals surface area contributed by atoms with Crippen molar-refractivity contribution in [2.75, 3.05) is 13.1 Å². The number of aryl methyl sites for hydroxylation is 1. The Morgan fingerprint density at radius 3 is 2.67 bits per heavy atom. The molecule has 0 aliphatic carbocycles. The summed E-state index contributed by atoms with van der Waals surface area (Å²) in [6.07, 6.45) is 1.90. The Kier molecular flexibility index (Phi) is 5.56. The summed E-state index contributed by atoms with van der Waals surface area (Å²) in [6, 6.07) is 4.48. The Hall–Kier alpha value is -1.13. The van der Waals surface area contributed by atoms with Gasteiger partial charge in [0.05, 0.1) is 0 Å². The fraction of sp³-hybridized carbons (Fsp3) is 0.462. The van der Waals surface area contributed by atoms with Gasteiger partial charge in [-0.1, -0.05) is 0 Å². The number of benzene rings is 1. The van der Waals surface area contributed by atoms with Gasteiger partial charge in [0.15, 0.2) is 0 Å². The SMILES string of the molecule is Cc1cc(F)ccc1C(=O)NC1CCNCC1.Cl. The third-order valence-electron chi connectivity index (χ3n) is 3.11. The zero-order valence-corrected chi connectivity index (χ0v) is 11.1. The van der Waals surface area contributed by atoms with Crippen LogP contribution in [0.5, 0.6) is 0 Å². The van der Waals surface area contributed by atoms with Gasteiger partial charge in [-0.15, -0.1) is 12.4 Å². The number of piperidine rings is 1. The van der Waals surface area contributed by atoms with Crippen LogP contribution in [0.15, 0.2) is 18.2 Å². The molecule has 1 amide bonds. The van der Waals surface area contributed by atoms with Crippen LogP contribution in [0.3, 0.4) is 0 Å². The lowest BCUT2D eigenvalue weighted by Crippen LogP contribution is -2.42. The van der Waals surface area contributed by atoms with E-state index in [9.17, 15) is 9.18 Å². The average Bonchev–Trinajstić information content (AvgIpc) is 2.30. The van der Waals surface area contributed by atoms with Crippen LogP contribution >= 0.6 is 12.4 Å². The van der Waals surface area contributed by atoms with E-state index in [1.807, 2.05) is 0 Å². The van der Waals surface area contributed by atoms with Gasteiger partial charge >= 0.3 is 0 Å². The quantitative estimate of drug-likeness (QED) is 0.865. The first-order chi connectivity index (χ1) is 8.16. The molecule has 1 heterocycles. The van der Waals surface area contributed by atoms with E-state index >= 15 is 0 Å². The van der Waals surface area contributed by atoms with E-state index in [-0.39, 0.29) is 30.2 Å². The highest BCUT2D eigenvalue weighted by molar-refractivity contribution is 5.95. The van der Waals surface area contributed by atoms with Crippen molar-refractivity contribution < 1.29 is 9.18 Å². The molecule has 2 rings (SSSR count). The monoisotopic (exact) mass is 272 g/mol. The number of hydrogen-bond donors (Lipinski definition) is 2. The van der Waals surface area contributed by atoms with Crippen LogP contribution in [0, 0.1) is 12.7 Å². The van der Waals surface area contributed by atoms with Gasteiger partial charge in [0, 0.05) is 11.6 Å². The van der Waals surface area contributed by atoms with Crippen LogP contribution in [0.2, 0.25) is 0 Å². The lowest BCUT2D eigenvalue weighted by atomic mass is 10.0. The van der Waals surface area contributed by atoms with Crippen LogP contribution in [-0.4, -0.2) is 25.0 Å². The van der Waals surface area contributed by atoms with Crippen molar-refractivity contribution in [3.63, 3.8) is 0 Å². The molecule has 2 N–H and O–H groups in total. The van der Waals surface area contributed by atoms with Crippen LogP contribution in [0.1, 0.15) is 28.8 Å². The van der Waals surface area contributed by atoms with E-state index in [0.717, 1.165) is 25.9 Å². The molecule has 0 spiro atoms. The zero-order chi connectivity index (χ0) is 12.3. The average molecular weight is 273 g/mol. The van der Waals surface area contributed by atoms with Gasteiger partial charge in [-0.05, 0) is 56.6 Å². The van der Waals surface area contributed by atoms with Gasteiger partial charge in [-0.25, -0.2) is 4.39 Å². The highest BCUT2D eigenvalue weighted by atomic mass is 35.5. The number of carbonyl (C=O) groups is 1. The summed E-state index contributed by atoms with van der Waals surface area (Å²) in [5.41, 5.74) is 1.24. The minimum absolute atomic E-state index is 0. The van der Waals surface area contributed by atoms with Crippen molar-refractivity contribution in [1.29, 1.82) is 0 Å². The second kappa shape index (κ2) is 6.71. The normalized spacial score (nSPS) is 15.9. The Bertz CT molecular complexity index is 419. The molecular formula is C13H18ClFN2O. The number of amides is 1. The largest absolute Gasteiger partial charge is 0.349 e. The molecule has 18 heavy (non-hydrogen) atoms. The molecule has 0 saturated carbocycles. The minimum Gasteiger partial charge on any atom is -0.349 e. The second-order valence-electron chi connectivity index (χ2n) is 4.46. The predicted octanol–water partition coefficient (Wildman–Crippen LogP) is 2.04. The Labute approximate surface area is 113 Å².